The van der Waals surface area contributed by atoms with E-state index in [2.05, 4.69) is 0 Å². The fourth-order valence-corrected chi connectivity index (χ4v) is 4.30. The first kappa shape index (κ1) is 19.7. The van der Waals surface area contributed by atoms with Crippen molar-refractivity contribution in [2.45, 2.75) is 39.0 Å². The number of aromatic hydroxyl groups is 1. The van der Waals surface area contributed by atoms with Gasteiger partial charge in [-0.1, -0.05) is 12.1 Å². The lowest BCUT2D eigenvalue weighted by Crippen LogP contribution is -2.52. The summed E-state index contributed by atoms with van der Waals surface area (Å²) in [5.41, 5.74) is 1.21. The average molecular weight is 374 g/mol. The molecule has 148 valence electrons. The Labute approximate surface area is 161 Å². The molecule has 0 bridgehead atoms. The molecular weight excluding hydrogens is 344 g/mol. The summed E-state index contributed by atoms with van der Waals surface area (Å²) in [5.74, 6) is 0.213. The van der Waals surface area contributed by atoms with Crippen molar-refractivity contribution in [3.63, 3.8) is 0 Å². The zero-order chi connectivity index (χ0) is 19.4. The van der Waals surface area contributed by atoms with Gasteiger partial charge in [0.1, 0.15) is 5.75 Å². The van der Waals surface area contributed by atoms with Gasteiger partial charge in [-0.3, -0.25) is 9.59 Å². The number of benzene rings is 1. The van der Waals surface area contributed by atoms with Crippen LogP contribution in [0.5, 0.6) is 5.75 Å². The lowest BCUT2D eigenvalue weighted by molar-refractivity contribution is -0.139. The number of nitrogens with zero attached hydrogens (tertiary/aromatic N) is 2. The van der Waals surface area contributed by atoms with E-state index in [0.717, 1.165) is 38.8 Å². The topological polar surface area (TPSA) is 70.1 Å². The highest BCUT2D eigenvalue weighted by atomic mass is 16.5. The van der Waals surface area contributed by atoms with E-state index in [1.807, 2.05) is 9.80 Å². The Hall–Kier alpha value is -2.08. The van der Waals surface area contributed by atoms with Gasteiger partial charge in [0.2, 0.25) is 5.91 Å². The summed E-state index contributed by atoms with van der Waals surface area (Å²) in [6.07, 6.45) is 4.16. The summed E-state index contributed by atoms with van der Waals surface area (Å²) in [7, 11) is 1.68. The van der Waals surface area contributed by atoms with Crippen LogP contribution in [0.15, 0.2) is 18.2 Å². The molecular formula is C21H30N2O4. The molecule has 27 heavy (non-hydrogen) atoms. The van der Waals surface area contributed by atoms with E-state index < -0.39 is 0 Å². The van der Waals surface area contributed by atoms with Gasteiger partial charge >= 0.3 is 0 Å². The van der Waals surface area contributed by atoms with Crippen LogP contribution >= 0.6 is 0 Å². The van der Waals surface area contributed by atoms with E-state index in [1.54, 1.807) is 32.2 Å². The van der Waals surface area contributed by atoms with Crippen LogP contribution in [0.3, 0.4) is 0 Å². The first-order chi connectivity index (χ1) is 13.0. The average Bonchev–Trinajstić information content (AvgIpc) is 2.67. The minimum Gasteiger partial charge on any atom is -0.507 e. The Morgan fingerprint density at radius 3 is 2.70 bits per heavy atom. The number of hydrogen-bond donors (Lipinski definition) is 1. The van der Waals surface area contributed by atoms with Crippen molar-refractivity contribution in [3.05, 3.63) is 29.3 Å². The normalized spacial score (nSPS) is 19.6. The Kier molecular flexibility index (Phi) is 6.05. The maximum absolute atomic E-state index is 12.8. The minimum absolute atomic E-state index is 0.0790. The third-order valence-corrected chi connectivity index (χ3v) is 6.10. The fourth-order valence-electron chi connectivity index (χ4n) is 4.30. The van der Waals surface area contributed by atoms with Crippen LogP contribution in [0.1, 0.15) is 48.0 Å². The summed E-state index contributed by atoms with van der Waals surface area (Å²) in [6.45, 7) is 5.34. The van der Waals surface area contributed by atoms with Crippen LogP contribution in [-0.4, -0.2) is 66.6 Å². The van der Waals surface area contributed by atoms with Crippen molar-refractivity contribution in [2.75, 3.05) is 39.9 Å². The molecule has 1 spiro atoms. The summed E-state index contributed by atoms with van der Waals surface area (Å²) < 4.78 is 5.10. The van der Waals surface area contributed by atoms with E-state index in [-0.39, 0.29) is 23.0 Å². The predicted octanol–water partition coefficient (Wildman–Crippen LogP) is 2.58. The van der Waals surface area contributed by atoms with Crippen molar-refractivity contribution < 1.29 is 19.4 Å². The number of piperidine rings is 2. The number of likely N-dealkylation sites (tertiary alicyclic amines) is 2. The summed E-state index contributed by atoms with van der Waals surface area (Å²) in [4.78, 5) is 28.9. The number of phenols is 1. The molecule has 6 nitrogen and oxygen atoms in total. The van der Waals surface area contributed by atoms with Gasteiger partial charge in [0.15, 0.2) is 0 Å². The maximum atomic E-state index is 12.8. The second-order valence-corrected chi connectivity index (χ2v) is 7.92. The molecule has 0 aromatic heterocycles. The summed E-state index contributed by atoms with van der Waals surface area (Å²) in [6, 6.07) is 5.29. The monoisotopic (exact) mass is 374 g/mol. The molecule has 0 unspecified atom stereocenters. The Morgan fingerprint density at radius 1 is 1.26 bits per heavy atom. The molecule has 2 aliphatic rings. The number of carbonyl (C=O) groups is 2. The molecule has 1 aromatic carbocycles. The molecule has 2 fully saturated rings. The van der Waals surface area contributed by atoms with Gasteiger partial charge in [-0.25, -0.2) is 0 Å². The number of amides is 2. The van der Waals surface area contributed by atoms with Crippen LogP contribution in [0.2, 0.25) is 0 Å². The second kappa shape index (κ2) is 8.30. The Bertz CT molecular complexity index is 695. The van der Waals surface area contributed by atoms with Crippen LogP contribution in [0, 0.1) is 12.3 Å². The van der Waals surface area contributed by atoms with Gasteiger partial charge in [0.05, 0.1) is 5.56 Å². The van der Waals surface area contributed by atoms with Crippen LogP contribution in [0.4, 0.5) is 0 Å². The highest BCUT2D eigenvalue weighted by molar-refractivity contribution is 5.97. The summed E-state index contributed by atoms with van der Waals surface area (Å²) in [5, 5.41) is 10.2. The largest absolute Gasteiger partial charge is 0.507 e. The third-order valence-electron chi connectivity index (χ3n) is 6.10. The second-order valence-electron chi connectivity index (χ2n) is 7.92. The number of methoxy groups -OCH3 is 1. The van der Waals surface area contributed by atoms with Gasteiger partial charge in [0, 0.05) is 46.3 Å². The number of aryl methyl sites for hydroxylation is 1. The third kappa shape index (κ3) is 4.26. The molecule has 3 rings (SSSR count). The van der Waals surface area contributed by atoms with Crippen molar-refractivity contribution in [2.24, 2.45) is 5.41 Å². The SMILES string of the molecule is COCCCN1CC2(CCC1=O)CCN(C(=O)c1cccc(C)c1O)CC2. The van der Waals surface area contributed by atoms with Gasteiger partial charge in [-0.2, -0.15) is 0 Å². The minimum atomic E-state index is -0.102. The standard InChI is InChI=1S/C21H30N2O4/c1-16-5-3-6-17(19(16)25)20(26)22-12-9-21(10-13-22)8-7-18(24)23(15-21)11-4-14-27-2/h3,5-6,25H,4,7-15H2,1-2H3. The van der Waals surface area contributed by atoms with Crippen molar-refractivity contribution in [3.8, 4) is 5.75 Å². The zero-order valence-electron chi connectivity index (χ0n) is 16.4. The van der Waals surface area contributed by atoms with Crippen LogP contribution < -0.4 is 0 Å². The molecule has 2 saturated heterocycles. The Morgan fingerprint density at radius 2 is 2.00 bits per heavy atom. The molecule has 2 heterocycles. The predicted molar refractivity (Wildman–Crippen MR) is 103 cm³/mol. The molecule has 2 aliphatic heterocycles. The molecule has 6 heteroatoms. The molecule has 0 radical (unpaired) electrons. The molecule has 0 aliphatic carbocycles. The van der Waals surface area contributed by atoms with E-state index in [0.29, 0.717) is 37.2 Å². The molecule has 0 atom stereocenters. The number of phenolic OH excluding ortho intramolecular Hbond substituents is 1. The first-order valence-corrected chi connectivity index (χ1v) is 9.80. The van der Waals surface area contributed by atoms with Gasteiger partial charge in [-0.15, -0.1) is 0 Å². The molecule has 0 saturated carbocycles. The van der Waals surface area contributed by atoms with E-state index in [4.69, 9.17) is 4.74 Å². The smallest absolute Gasteiger partial charge is 0.257 e. The fraction of sp³-hybridized carbons (Fsp3) is 0.619. The summed E-state index contributed by atoms with van der Waals surface area (Å²) >= 11 is 0. The van der Waals surface area contributed by atoms with Gasteiger partial charge < -0.3 is 19.6 Å². The molecule has 1 N–H and O–H groups in total. The van der Waals surface area contributed by atoms with Crippen molar-refractivity contribution >= 4 is 11.8 Å². The zero-order valence-corrected chi connectivity index (χ0v) is 16.4. The number of para-hydroxylation sites is 1. The van der Waals surface area contributed by atoms with Gasteiger partial charge in [-0.05, 0) is 49.7 Å². The molecule has 1 aromatic rings. The first-order valence-electron chi connectivity index (χ1n) is 9.80. The number of ether oxygens (including phenoxy) is 1. The number of carbonyl (C=O) groups excluding carboxylic acids is 2. The van der Waals surface area contributed by atoms with Crippen molar-refractivity contribution in [1.29, 1.82) is 0 Å². The lowest BCUT2D eigenvalue weighted by Gasteiger charge is -2.47. The van der Waals surface area contributed by atoms with Crippen LogP contribution in [0.25, 0.3) is 0 Å². The lowest BCUT2D eigenvalue weighted by atomic mass is 9.72. The highest BCUT2D eigenvalue weighted by Crippen LogP contribution is 2.40. The van der Waals surface area contributed by atoms with E-state index in [9.17, 15) is 14.7 Å². The van der Waals surface area contributed by atoms with E-state index >= 15 is 0 Å². The highest BCUT2D eigenvalue weighted by Gasteiger charge is 2.41. The van der Waals surface area contributed by atoms with Crippen LogP contribution in [-0.2, 0) is 9.53 Å². The maximum Gasteiger partial charge on any atom is 0.257 e. The number of rotatable bonds is 5. The molecule has 2 amide bonds. The van der Waals surface area contributed by atoms with E-state index in [1.165, 1.54) is 0 Å². The quantitative estimate of drug-likeness (QED) is 0.804. The number of hydrogen-bond acceptors (Lipinski definition) is 4. The van der Waals surface area contributed by atoms with Gasteiger partial charge in [0.25, 0.3) is 5.91 Å². The Balaban J connectivity index is 1.61. The van der Waals surface area contributed by atoms with Crippen molar-refractivity contribution in [1.82, 2.24) is 9.80 Å².